The highest BCUT2D eigenvalue weighted by atomic mass is 16.5. The summed E-state index contributed by atoms with van der Waals surface area (Å²) in [4.78, 5) is 12.3. The van der Waals surface area contributed by atoms with Crippen LogP contribution in [0.3, 0.4) is 0 Å². The maximum absolute atomic E-state index is 12.3. The minimum atomic E-state index is -0.253. The molecule has 0 N–H and O–H groups in total. The normalized spacial score (nSPS) is 27.4. The Morgan fingerprint density at radius 2 is 1.95 bits per heavy atom. The monoisotopic (exact) mass is 270 g/mol. The van der Waals surface area contributed by atoms with Gasteiger partial charge in [0.05, 0.1) is 11.2 Å². The first-order valence-corrected chi connectivity index (χ1v) is 7.29. The molecule has 4 heteroatoms. The van der Waals surface area contributed by atoms with Gasteiger partial charge in [0.2, 0.25) is 0 Å². The van der Waals surface area contributed by atoms with E-state index in [-0.39, 0.29) is 29.5 Å². The van der Waals surface area contributed by atoms with Crippen molar-refractivity contribution in [2.24, 2.45) is 5.92 Å². The molecule has 1 spiro atoms. The zero-order valence-corrected chi connectivity index (χ0v) is 12.4. The van der Waals surface area contributed by atoms with Crippen molar-refractivity contribution >= 4 is 5.78 Å². The molecular formula is C15H26O4. The number of hydrogen-bond donors (Lipinski definition) is 0. The Balaban J connectivity index is 1.88. The van der Waals surface area contributed by atoms with Crippen molar-refractivity contribution in [2.75, 3.05) is 26.4 Å². The van der Waals surface area contributed by atoms with Crippen LogP contribution in [0.4, 0.5) is 0 Å². The van der Waals surface area contributed by atoms with E-state index in [1.165, 1.54) is 0 Å². The smallest absolute Gasteiger partial charge is 0.161 e. The van der Waals surface area contributed by atoms with Gasteiger partial charge in [0, 0.05) is 25.7 Å². The van der Waals surface area contributed by atoms with Gasteiger partial charge in [-0.1, -0.05) is 0 Å². The van der Waals surface area contributed by atoms with Crippen molar-refractivity contribution < 1.29 is 19.0 Å². The van der Waals surface area contributed by atoms with Crippen molar-refractivity contribution in [1.29, 1.82) is 0 Å². The topological polar surface area (TPSA) is 44.8 Å². The Morgan fingerprint density at radius 3 is 2.58 bits per heavy atom. The van der Waals surface area contributed by atoms with E-state index in [1.807, 2.05) is 20.8 Å². The second kappa shape index (κ2) is 5.90. The zero-order chi connectivity index (χ0) is 13.9. The molecule has 0 aromatic rings. The molecule has 0 aromatic heterocycles. The third kappa shape index (κ3) is 4.26. The SMILES string of the molecule is CC(C)(C)OCC(=O)C1CCOC2(CCOCC2)C1. The predicted octanol–water partition coefficient (Wildman–Crippen LogP) is 2.35. The van der Waals surface area contributed by atoms with Crippen LogP contribution in [-0.4, -0.2) is 43.4 Å². The van der Waals surface area contributed by atoms with Crippen LogP contribution < -0.4 is 0 Å². The summed E-state index contributed by atoms with van der Waals surface area (Å²) in [7, 11) is 0. The molecule has 0 aromatic carbocycles. The second-order valence-electron chi connectivity index (χ2n) is 6.70. The van der Waals surface area contributed by atoms with Gasteiger partial charge in [-0.25, -0.2) is 0 Å². The van der Waals surface area contributed by atoms with Crippen LogP contribution in [0, 0.1) is 5.92 Å². The fourth-order valence-electron chi connectivity index (χ4n) is 2.80. The summed E-state index contributed by atoms with van der Waals surface area (Å²) in [5, 5.41) is 0. The number of hydrogen-bond acceptors (Lipinski definition) is 4. The fraction of sp³-hybridized carbons (Fsp3) is 0.933. The van der Waals surface area contributed by atoms with Crippen LogP contribution in [0.15, 0.2) is 0 Å². The average Bonchev–Trinajstić information content (AvgIpc) is 2.36. The molecule has 0 amide bonds. The van der Waals surface area contributed by atoms with E-state index in [0.29, 0.717) is 6.61 Å². The summed E-state index contributed by atoms with van der Waals surface area (Å²) in [5.41, 5.74) is -0.365. The van der Waals surface area contributed by atoms with Gasteiger partial charge in [-0.05, 0) is 46.5 Å². The molecule has 2 heterocycles. The van der Waals surface area contributed by atoms with E-state index >= 15 is 0 Å². The van der Waals surface area contributed by atoms with Crippen LogP contribution >= 0.6 is 0 Å². The van der Waals surface area contributed by atoms with Gasteiger partial charge in [-0.2, -0.15) is 0 Å². The lowest BCUT2D eigenvalue weighted by molar-refractivity contribution is -0.161. The van der Waals surface area contributed by atoms with Gasteiger partial charge >= 0.3 is 0 Å². The van der Waals surface area contributed by atoms with E-state index < -0.39 is 0 Å². The molecule has 110 valence electrons. The van der Waals surface area contributed by atoms with Gasteiger partial charge in [0.25, 0.3) is 0 Å². The lowest BCUT2D eigenvalue weighted by Gasteiger charge is -2.43. The lowest BCUT2D eigenvalue weighted by Crippen LogP contribution is -2.46. The largest absolute Gasteiger partial charge is 0.381 e. The van der Waals surface area contributed by atoms with E-state index in [0.717, 1.165) is 38.9 Å². The zero-order valence-electron chi connectivity index (χ0n) is 12.4. The molecule has 0 aliphatic carbocycles. The molecule has 1 unspecified atom stereocenters. The summed E-state index contributed by atoms with van der Waals surface area (Å²) in [6, 6.07) is 0. The average molecular weight is 270 g/mol. The number of ketones is 1. The highest BCUT2D eigenvalue weighted by Crippen LogP contribution is 2.37. The van der Waals surface area contributed by atoms with Gasteiger partial charge in [0.15, 0.2) is 5.78 Å². The lowest BCUT2D eigenvalue weighted by atomic mass is 9.79. The van der Waals surface area contributed by atoms with Crippen molar-refractivity contribution in [1.82, 2.24) is 0 Å². The second-order valence-corrected chi connectivity index (χ2v) is 6.70. The molecule has 2 fully saturated rings. The van der Waals surface area contributed by atoms with Crippen LogP contribution in [0.25, 0.3) is 0 Å². The number of Topliss-reactive ketones (excluding diaryl/α,β-unsaturated/α-hetero) is 1. The van der Waals surface area contributed by atoms with E-state index in [4.69, 9.17) is 14.2 Å². The fourth-order valence-corrected chi connectivity index (χ4v) is 2.80. The third-order valence-corrected chi connectivity index (χ3v) is 4.00. The molecule has 2 rings (SSSR count). The third-order valence-electron chi connectivity index (χ3n) is 4.00. The van der Waals surface area contributed by atoms with Crippen molar-refractivity contribution in [3.8, 4) is 0 Å². The molecule has 4 nitrogen and oxygen atoms in total. The number of carbonyl (C=O) groups is 1. The quantitative estimate of drug-likeness (QED) is 0.789. The predicted molar refractivity (Wildman–Crippen MR) is 72.2 cm³/mol. The van der Waals surface area contributed by atoms with Gasteiger partial charge in [-0.15, -0.1) is 0 Å². The molecule has 2 aliphatic rings. The molecule has 0 bridgehead atoms. The Bertz CT molecular complexity index is 307. The molecular weight excluding hydrogens is 244 g/mol. The van der Waals surface area contributed by atoms with Gasteiger partial charge in [-0.3, -0.25) is 4.79 Å². The molecule has 0 radical (unpaired) electrons. The Kier molecular flexibility index (Phi) is 4.64. The highest BCUT2D eigenvalue weighted by Gasteiger charge is 2.41. The Morgan fingerprint density at radius 1 is 1.26 bits per heavy atom. The van der Waals surface area contributed by atoms with E-state index in [9.17, 15) is 4.79 Å². The first-order valence-electron chi connectivity index (χ1n) is 7.29. The Labute approximate surface area is 115 Å². The van der Waals surface area contributed by atoms with Crippen molar-refractivity contribution in [3.05, 3.63) is 0 Å². The summed E-state index contributed by atoms with van der Waals surface area (Å²) in [6.45, 7) is 8.34. The standard InChI is InChI=1S/C15H26O4/c1-14(2,3)19-11-13(16)12-4-7-18-15(10-12)5-8-17-9-6-15/h12H,4-11H2,1-3H3. The van der Waals surface area contributed by atoms with Crippen molar-refractivity contribution in [2.45, 2.75) is 57.7 Å². The maximum atomic E-state index is 12.3. The highest BCUT2D eigenvalue weighted by molar-refractivity contribution is 5.82. The summed E-state index contributed by atoms with van der Waals surface area (Å²) in [5.74, 6) is 0.318. The summed E-state index contributed by atoms with van der Waals surface area (Å²) < 4.78 is 17.0. The summed E-state index contributed by atoms with van der Waals surface area (Å²) >= 11 is 0. The van der Waals surface area contributed by atoms with Crippen LogP contribution in [-0.2, 0) is 19.0 Å². The molecule has 19 heavy (non-hydrogen) atoms. The minimum Gasteiger partial charge on any atom is -0.381 e. The first kappa shape index (κ1) is 14.9. The number of rotatable bonds is 3. The molecule has 1 atom stereocenters. The van der Waals surface area contributed by atoms with E-state index in [2.05, 4.69) is 0 Å². The van der Waals surface area contributed by atoms with Gasteiger partial charge < -0.3 is 14.2 Å². The molecule has 2 aliphatic heterocycles. The van der Waals surface area contributed by atoms with Gasteiger partial charge in [0.1, 0.15) is 6.61 Å². The van der Waals surface area contributed by atoms with Crippen LogP contribution in [0.5, 0.6) is 0 Å². The Hall–Kier alpha value is -0.450. The summed E-state index contributed by atoms with van der Waals surface area (Å²) in [6.07, 6.45) is 3.49. The van der Waals surface area contributed by atoms with E-state index in [1.54, 1.807) is 0 Å². The van der Waals surface area contributed by atoms with Crippen LogP contribution in [0.2, 0.25) is 0 Å². The minimum absolute atomic E-state index is 0.0919. The molecule has 0 saturated carbocycles. The molecule has 2 saturated heterocycles. The van der Waals surface area contributed by atoms with Crippen LogP contribution in [0.1, 0.15) is 46.5 Å². The maximum Gasteiger partial charge on any atom is 0.161 e. The van der Waals surface area contributed by atoms with Crippen molar-refractivity contribution in [3.63, 3.8) is 0 Å². The number of ether oxygens (including phenoxy) is 3. The number of carbonyl (C=O) groups excluding carboxylic acids is 1. The first-order chi connectivity index (χ1) is 8.90.